The highest BCUT2D eigenvalue weighted by molar-refractivity contribution is 7.14. The Balaban J connectivity index is 2.11. The van der Waals surface area contributed by atoms with Crippen LogP contribution in [0.1, 0.15) is 5.69 Å². The molecule has 3 amide bonds. The van der Waals surface area contributed by atoms with E-state index in [1.54, 1.807) is 0 Å². The van der Waals surface area contributed by atoms with Crippen LogP contribution in [0.3, 0.4) is 0 Å². The van der Waals surface area contributed by atoms with Gasteiger partial charge in [0.2, 0.25) is 11.8 Å². The third-order valence-electron chi connectivity index (χ3n) is 3.01. The van der Waals surface area contributed by atoms with Gasteiger partial charge in [-0.25, -0.2) is 4.98 Å². The Hall–Kier alpha value is -2.24. The summed E-state index contributed by atoms with van der Waals surface area (Å²) < 4.78 is 0. The highest BCUT2D eigenvalue weighted by Gasteiger charge is 2.40. The molecule has 0 bridgehead atoms. The molecule has 2 heterocycles. The van der Waals surface area contributed by atoms with Crippen LogP contribution >= 0.6 is 22.9 Å². The lowest BCUT2D eigenvalue weighted by molar-refractivity contribution is -0.135. The molecule has 1 aromatic heterocycles. The van der Waals surface area contributed by atoms with E-state index in [4.69, 9.17) is 16.7 Å². The monoisotopic (exact) mass is 375 g/mol. The summed E-state index contributed by atoms with van der Waals surface area (Å²) in [6, 6.07) is -1.42. The molecule has 12 heteroatoms. The third kappa shape index (κ3) is 3.99. The number of nitrogens with one attached hydrogen (secondary N) is 3. The Morgan fingerprint density at radius 3 is 2.92 bits per heavy atom. The Bertz CT molecular complexity index is 679. The minimum absolute atomic E-state index is 0.157. The lowest BCUT2D eigenvalue weighted by Crippen LogP contribution is -2.70. The van der Waals surface area contributed by atoms with Crippen molar-refractivity contribution in [2.75, 3.05) is 24.9 Å². The summed E-state index contributed by atoms with van der Waals surface area (Å²) in [5.74, 6) is -1.78. The van der Waals surface area contributed by atoms with Gasteiger partial charge in [0.25, 0.3) is 5.91 Å². The highest BCUT2D eigenvalue weighted by atomic mass is 35.5. The van der Waals surface area contributed by atoms with Gasteiger partial charge in [-0.3, -0.25) is 14.4 Å². The van der Waals surface area contributed by atoms with Gasteiger partial charge in [-0.2, -0.15) is 0 Å². The predicted octanol–water partition coefficient (Wildman–Crippen LogP) is -1.35. The van der Waals surface area contributed by atoms with E-state index in [0.29, 0.717) is 0 Å². The van der Waals surface area contributed by atoms with Crippen LogP contribution in [0.5, 0.6) is 0 Å². The van der Waals surface area contributed by atoms with Crippen LogP contribution in [0.25, 0.3) is 0 Å². The average molecular weight is 376 g/mol. The van der Waals surface area contributed by atoms with Crippen molar-refractivity contribution in [1.29, 1.82) is 0 Å². The molecule has 1 aromatic rings. The fourth-order valence-electron chi connectivity index (χ4n) is 1.86. The molecule has 1 fully saturated rings. The van der Waals surface area contributed by atoms with Gasteiger partial charge >= 0.3 is 0 Å². The molecule has 0 unspecified atom stereocenters. The van der Waals surface area contributed by atoms with E-state index in [1.165, 1.54) is 12.5 Å². The second-order valence-electron chi connectivity index (χ2n) is 4.59. The highest BCUT2D eigenvalue weighted by Crippen LogP contribution is 2.17. The summed E-state index contributed by atoms with van der Waals surface area (Å²) in [5, 5.41) is 21.7. The zero-order chi connectivity index (χ0) is 17.7. The molecule has 0 radical (unpaired) electrons. The Labute approximate surface area is 145 Å². The molecule has 2 atom stereocenters. The number of thiazole rings is 1. The molecule has 0 saturated carbocycles. The molecule has 0 aromatic carbocycles. The van der Waals surface area contributed by atoms with Crippen LogP contribution in [-0.4, -0.2) is 65.2 Å². The fourth-order valence-corrected chi connectivity index (χ4v) is 2.64. The van der Waals surface area contributed by atoms with Crippen molar-refractivity contribution in [1.82, 2.24) is 15.6 Å². The number of hydrogen-bond donors (Lipinski definition) is 4. The standard InChI is InChI=1S/C12H14ClN5O5S/c1-23-18-9(6-4-24-12(15-6)16-7(20)2-13)11(22)17-8-5(3-19)14-10(8)21/h4-5,8,19H,2-3H2,1H3,(H,14,21)(H,17,22)(H,15,16,20)/t5-,8+/m0/s1. The van der Waals surface area contributed by atoms with Gasteiger partial charge in [0, 0.05) is 5.38 Å². The van der Waals surface area contributed by atoms with Crippen molar-refractivity contribution in [2.24, 2.45) is 5.16 Å². The molecule has 130 valence electrons. The maximum absolute atomic E-state index is 12.3. The molecule has 4 N–H and O–H groups in total. The van der Waals surface area contributed by atoms with Crippen LogP contribution < -0.4 is 16.0 Å². The van der Waals surface area contributed by atoms with E-state index < -0.39 is 29.8 Å². The minimum Gasteiger partial charge on any atom is -0.398 e. The van der Waals surface area contributed by atoms with Gasteiger partial charge in [-0.05, 0) is 0 Å². The van der Waals surface area contributed by atoms with Crippen molar-refractivity contribution in [3.8, 4) is 0 Å². The number of carbonyl (C=O) groups excluding carboxylic acids is 3. The number of aliphatic hydroxyl groups is 1. The number of anilines is 1. The molecule has 1 saturated heterocycles. The first-order valence-corrected chi connectivity index (χ1v) is 8.06. The molecular formula is C12H14ClN5O5S. The van der Waals surface area contributed by atoms with E-state index in [-0.39, 0.29) is 29.0 Å². The molecule has 2 rings (SSSR count). The molecule has 1 aliphatic heterocycles. The third-order valence-corrected chi connectivity index (χ3v) is 4.01. The molecular weight excluding hydrogens is 362 g/mol. The summed E-state index contributed by atoms with van der Waals surface area (Å²) in [7, 11) is 1.25. The van der Waals surface area contributed by atoms with Gasteiger partial charge in [0.15, 0.2) is 10.8 Å². The van der Waals surface area contributed by atoms with Gasteiger partial charge < -0.3 is 25.9 Å². The zero-order valence-electron chi connectivity index (χ0n) is 12.4. The topological polar surface area (TPSA) is 142 Å². The van der Waals surface area contributed by atoms with Crippen molar-refractivity contribution < 1.29 is 24.3 Å². The average Bonchev–Trinajstić information content (AvgIpc) is 3.02. The molecule has 0 spiro atoms. The number of amides is 3. The number of halogens is 1. The van der Waals surface area contributed by atoms with Crippen LogP contribution in [-0.2, 0) is 19.2 Å². The van der Waals surface area contributed by atoms with Crippen molar-refractivity contribution in [2.45, 2.75) is 12.1 Å². The van der Waals surface area contributed by atoms with E-state index >= 15 is 0 Å². The number of hydrogen-bond acceptors (Lipinski definition) is 8. The number of rotatable bonds is 7. The zero-order valence-corrected chi connectivity index (χ0v) is 14.0. The first-order valence-electron chi connectivity index (χ1n) is 6.65. The Kier molecular flexibility index (Phi) is 6.06. The molecule has 1 aliphatic rings. The molecule has 0 aliphatic carbocycles. The number of oxime groups is 1. The number of carbonyl (C=O) groups is 3. The first-order chi connectivity index (χ1) is 11.5. The summed E-state index contributed by atoms with van der Waals surface area (Å²) in [4.78, 5) is 43.7. The largest absolute Gasteiger partial charge is 0.398 e. The van der Waals surface area contributed by atoms with Crippen molar-refractivity contribution >= 4 is 51.5 Å². The predicted molar refractivity (Wildman–Crippen MR) is 86.0 cm³/mol. The maximum Gasteiger partial charge on any atom is 0.276 e. The van der Waals surface area contributed by atoms with Crippen LogP contribution in [0, 0.1) is 0 Å². The Morgan fingerprint density at radius 2 is 2.33 bits per heavy atom. The minimum atomic E-state index is -0.862. The maximum atomic E-state index is 12.3. The van der Waals surface area contributed by atoms with E-state index in [1.807, 2.05) is 0 Å². The van der Waals surface area contributed by atoms with Crippen molar-refractivity contribution in [3.63, 3.8) is 0 Å². The summed E-state index contributed by atoms with van der Waals surface area (Å²) >= 11 is 6.46. The van der Waals surface area contributed by atoms with Gasteiger partial charge in [0.05, 0.1) is 12.6 Å². The SMILES string of the molecule is CON=C(C(=O)N[C@H]1C(=O)N[C@H]1CO)c1csc(NC(=O)CCl)n1. The normalized spacial score (nSPS) is 20.0. The number of aliphatic hydroxyl groups excluding tert-OH is 1. The summed E-state index contributed by atoms with van der Waals surface area (Å²) in [5.41, 5.74) is -0.0129. The van der Waals surface area contributed by atoms with Gasteiger partial charge in [-0.15, -0.1) is 22.9 Å². The second kappa shape index (κ2) is 8.04. The van der Waals surface area contributed by atoms with E-state index in [0.717, 1.165) is 11.3 Å². The number of nitrogens with zero attached hydrogens (tertiary/aromatic N) is 2. The van der Waals surface area contributed by atoms with Crippen LogP contribution in [0.4, 0.5) is 5.13 Å². The second-order valence-corrected chi connectivity index (χ2v) is 5.72. The van der Waals surface area contributed by atoms with Gasteiger partial charge in [0.1, 0.15) is 24.7 Å². The van der Waals surface area contributed by atoms with Crippen LogP contribution in [0.2, 0.25) is 0 Å². The van der Waals surface area contributed by atoms with E-state index in [9.17, 15) is 14.4 Å². The number of alkyl halides is 1. The quantitative estimate of drug-likeness (QED) is 0.201. The van der Waals surface area contributed by atoms with E-state index in [2.05, 4.69) is 30.9 Å². The lowest BCUT2D eigenvalue weighted by atomic mass is 9.99. The van der Waals surface area contributed by atoms with Crippen molar-refractivity contribution in [3.05, 3.63) is 11.1 Å². The van der Waals surface area contributed by atoms with Crippen LogP contribution in [0.15, 0.2) is 10.5 Å². The lowest BCUT2D eigenvalue weighted by Gasteiger charge is -2.35. The molecule has 10 nitrogen and oxygen atoms in total. The fraction of sp³-hybridized carbons (Fsp3) is 0.417. The first kappa shape index (κ1) is 18.1. The molecule has 24 heavy (non-hydrogen) atoms. The smallest absolute Gasteiger partial charge is 0.276 e. The summed E-state index contributed by atoms with van der Waals surface area (Å²) in [6.45, 7) is -0.307. The number of aromatic nitrogens is 1. The number of β-lactam (4-membered cyclic amide) rings is 1. The summed E-state index contributed by atoms with van der Waals surface area (Å²) in [6.07, 6.45) is 0. The van der Waals surface area contributed by atoms with Gasteiger partial charge in [-0.1, -0.05) is 5.16 Å². The Morgan fingerprint density at radius 1 is 1.58 bits per heavy atom.